The number of anilines is 1. The molecule has 0 bridgehead atoms. The van der Waals surface area contributed by atoms with Crippen molar-refractivity contribution in [3.8, 4) is 0 Å². The highest BCUT2D eigenvalue weighted by molar-refractivity contribution is 6.04. The molecule has 4 nitrogen and oxygen atoms in total. The number of nitrogens with one attached hydrogen (secondary N) is 1. The fraction of sp³-hybridized carbons (Fsp3) is 0.409. The normalized spacial score (nSPS) is 17.8. The molecule has 2 aromatic rings. The fourth-order valence-electron chi connectivity index (χ4n) is 3.55. The Morgan fingerprint density at radius 3 is 2.73 bits per heavy atom. The van der Waals surface area contributed by atoms with Crippen molar-refractivity contribution in [3.05, 3.63) is 65.2 Å². The topological polar surface area (TPSA) is 41.6 Å². The van der Waals surface area contributed by atoms with E-state index in [1.807, 2.05) is 36.4 Å². The largest absolute Gasteiger partial charge is 0.380 e. The Labute approximate surface area is 156 Å². The molecular formula is C22H28N2O2. The molecule has 0 aromatic heterocycles. The van der Waals surface area contributed by atoms with Gasteiger partial charge in [0, 0.05) is 31.5 Å². The number of hydrogen-bond donors (Lipinski definition) is 1. The Bertz CT molecular complexity index is 727. The van der Waals surface area contributed by atoms with Gasteiger partial charge in [-0.1, -0.05) is 31.2 Å². The van der Waals surface area contributed by atoms with Crippen LogP contribution in [0.25, 0.3) is 0 Å². The molecule has 4 heteroatoms. The number of likely N-dealkylation sites (tertiary alicyclic amines) is 1. The number of benzene rings is 2. The van der Waals surface area contributed by atoms with Gasteiger partial charge in [0.25, 0.3) is 5.91 Å². The highest BCUT2D eigenvalue weighted by Gasteiger charge is 2.16. The summed E-state index contributed by atoms with van der Waals surface area (Å²) in [6.45, 7) is 6.17. The van der Waals surface area contributed by atoms with Gasteiger partial charge in [-0.05, 0) is 60.7 Å². The van der Waals surface area contributed by atoms with E-state index in [1.165, 1.54) is 31.5 Å². The number of nitrogens with zero attached hydrogens (tertiary/aromatic N) is 1. The Morgan fingerprint density at radius 1 is 1.19 bits per heavy atom. The molecule has 1 saturated heterocycles. The predicted octanol–water partition coefficient (Wildman–Crippen LogP) is 4.32. The summed E-state index contributed by atoms with van der Waals surface area (Å²) in [5, 5.41) is 2.97. The smallest absolute Gasteiger partial charge is 0.255 e. The van der Waals surface area contributed by atoms with Crippen molar-refractivity contribution in [1.29, 1.82) is 0 Å². The molecule has 1 amide bonds. The van der Waals surface area contributed by atoms with Gasteiger partial charge in [-0.3, -0.25) is 9.69 Å². The molecule has 0 saturated carbocycles. The first-order valence-corrected chi connectivity index (χ1v) is 9.34. The SMILES string of the molecule is COCc1cccc(C(=O)Nc2ccc(CN3CCCC(C)C3)cc2)c1. The Hall–Kier alpha value is -2.17. The molecule has 0 spiro atoms. The summed E-state index contributed by atoms with van der Waals surface area (Å²) in [4.78, 5) is 15.0. The number of rotatable bonds is 6. The third kappa shape index (κ3) is 5.16. The van der Waals surface area contributed by atoms with Gasteiger partial charge < -0.3 is 10.1 Å². The first-order valence-electron chi connectivity index (χ1n) is 9.34. The van der Waals surface area contributed by atoms with E-state index in [2.05, 4.69) is 29.3 Å². The van der Waals surface area contributed by atoms with Crippen LogP contribution in [0.3, 0.4) is 0 Å². The second-order valence-corrected chi connectivity index (χ2v) is 7.27. The monoisotopic (exact) mass is 352 g/mol. The number of hydrogen-bond acceptors (Lipinski definition) is 3. The highest BCUT2D eigenvalue weighted by Crippen LogP contribution is 2.19. The van der Waals surface area contributed by atoms with E-state index in [0.717, 1.165) is 23.7 Å². The first kappa shape index (κ1) is 18.6. The third-order valence-corrected chi connectivity index (χ3v) is 4.86. The predicted molar refractivity (Wildman–Crippen MR) is 105 cm³/mol. The van der Waals surface area contributed by atoms with Crippen LogP contribution in [0.5, 0.6) is 0 Å². The van der Waals surface area contributed by atoms with E-state index in [-0.39, 0.29) is 5.91 Å². The molecule has 0 radical (unpaired) electrons. The van der Waals surface area contributed by atoms with Gasteiger partial charge in [-0.25, -0.2) is 0 Å². The van der Waals surface area contributed by atoms with Crippen LogP contribution in [0.4, 0.5) is 5.69 Å². The highest BCUT2D eigenvalue weighted by atomic mass is 16.5. The summed E-state index contributed by atoms with van der Waals surface area (Å²) in [5.74, 6) is 0.691. The molecule has 2 aromatic carbocycles. The van der Waals surface area contributed by atoms with Crippen LogP contribution in [-0.2, 0) is 17.9 Å². The summed E-state index contributed by atoms with van der Waals surface area (Å²) in [5.41, 5.74) is 3.75. The first-order chi connectivity index (χ1) is 12.6. The van der Waals surface area contributed by atoms with E-state index >= 15 is 0 Å². The van der Waals surface area contributed by atoms with Crippen LogP contribution in [0.15, 0.2) is 48.5 Å². The molecule has 1 N–H and O–H groups in total. The standard InChI is InChI=1S/C22H28N2O2/c1-17-5-4-12-24(14-17)15-18-8-10-21(11-9-18)23-22(25)20-7-3-6-19(13-20)16-26-2/h3,6-11,13,17H,4-5,12,14-16H2,1-2H3,(H,23,25). The van der Waals surface area contributed by atoms with Crippen LogP contribution < -0.4 is 5.32 Å². The second kappa shape index (κ2) is 8.97. The third-order valence-electron chi connectivity index (χ3n) is 4.86. The molecule has 138 valence electrons. The van der Waals surface area contributed by atoms with Crippen LogP contribution >= 0.6 is 0 Å². The van der Waals surface area contributed by atoms with Crippen molar-refractivity contribution in [2.75, 3.05) is 25.5 Å². The Morgan fingerprint density at radius 2 is 2.00 bits per heavy atom. The molecule has 1 atom stereocenters. The van der Waals surface area contributed by atoms with Gasteiger partial charge in [0.1, 0.15) is 0 Å². The molecule has 1 heterocycles. The zero-order chi connectivity index (χ0) is 18.4. The van der Waals surface area contributed by atoms with Gasteiger partial charge >= 0.3 is 0 Å². The van der Waals surface area contributed by atoms with Crippen molar-refractivity contribution in [1.82, 2.24) is 4.90 Å². The molecule has 1 aliphatic rings. The fourth-order valence-corrected chi connectivity index (χ4v) is 3.55. The molecule has 1 aliphatic heterocycles. The van der Waals surface area contributed by atoms with Crippen molar-refractivity contribution in [2.24, 2.45) is 5.92 Å². The number of carbonyl (C=O) groups excluding carboxylic acids is 1. The maximum Gasteiger partial charge on any atom is 0.255 e. The van der Waals surface area contributed by atoms with E-state index in [0.29, 0.717) is 12.2 Å². The molecule has 0 aliphatic carbocycles. The molecular weight excluding hydrogens is 324 g/mol. The lowest BCUT2D eigenvalue weighted by molar-refractivity contribution is 0.102. The number of methoxy groups -OCH3 is 1. The van der Waals surface area contributed by atoms with Gasteiger partial charge in [-0.15, -0.1) is 0 Å². The van der Waals surface area contributed by atoms with Gasteiger partial charge in [0.2, 0.25) is 0 Å². The second-order valence-electron chi connectivity index (χ2n) is 7.27. The van der Waals surface area contributed by atoms with E-state index < -0.39 is 0 Å². The molecule has 3 rings (SSSR count). The quantitative estimate of drug-likeness (QED) is 0.842. The van der Waals surface area contributed by atoms with Gasteiger partial charge in [0.15, 0.2) is 0 Å². The molecule has 26 heavy (non-hydrogen) atoms. The summed E-state index contributed by atoms with van der Waals surface area (Å²) in [6.07, 6.45) is 2.63. The van der Waals surface area contributed by atoms with Crippen molar-refractivity contribution >= 4 is 11.6 Å². The average molecular weight is 352 g/mol. The summed E-state index contributed by atoms with van der Waals surface area (Å²) >= 11 is 0. The van der Waals surface area contributed by atoms with Crippen molar-refractivity contribution in [2.45, 2.75) is 32.9 Å². The molecule has 1 unspecified atom stereocenters. The zero-order valence-corrected chi connectivity index (χ0v) is 15.7. The van der Waals surface area contributed by atoms with Crippen LogP contribution in [-0.4, -0.2) is 31.0 Å². The maximum atomic E-state index is 12.4. The minimum atomic E-state index is -0.0967. The Kier molecular flexibility index (Phi) is 6.42. The summed E-state index contributed by atoms with van der Waals surface area (Å²) in [6, 6.07) is 15.7. The van der Waals surface area contributed by atoms with E-state index in [4.69, 9.17) is 4.74 Å². The molecule has 1 fully saturated rings. The van der Waals surface area contributed by atoms with Crippen LogP contribution in [0.2, 0.25) is 0 Å². The zero-order valence-electron chi connectivity index (χ0n) is 15.7. The Balaban J connectivity index is 1.58. The van der Waals surface area contributed by atoms with E-state index in [9.17, 15) is 4.79 Å². The lowest BCUT2D eigenvalue weighted by atomic mass is 10.00. The lowest BCUT2D eigenvalue weighted by Gasteiger charge is -2.30. The number of carbonyl (C=O) groups is 1. The van der Waals surface area contributed by atoms with Gasteiger partial charge in [0.05, 0.1) is 6.61 Å². The maximum absolute atomic E-state index is 12.4. The average Bonchev–Trinajstić information content (AvgIpc) is 2.64. The van der Waals surface area contributed by atoms with Crippen molar-refractivity contribution < 1.29 is 9.53 Å². The van der Waals surface area contributed by atoms with Gasteiger partial charge in [-0.2, -0.15) is 0 Å². The minimum absolute atomic E-state index is 0.0967. The van der Waals surface area contributed by atoms with Crippen LogP contribution in [0, 0.1) is 5.92 Å². The number of ether oxygens (including phenoxy) is 1. The minimum Gasteiger partial charge on any atom is -0.380 e. The van der Waals surface area contributed by atoms with Crippen molar-refractivity contribution in [3.63, 3.8) is 0 Å². The number of piperidine rings is 1. The number of amides is 1. The summed E-state index contributed by atoms with van der Waals surface area (Å²) < 4.78 is 5.13. The van der Waals surface area contributed by atoms with Crippen LogP contribution in [0.1, 0.15) is 41.3 Å². The lowest BCUT2D eigenvalue weighted by Crippen LogP contribution is -2.33. The summed E-state index contributed by atoms with van der Waals surface area (Å²) in [7, 11) is 1.65. The van der Waals surface area contributed by atoms with E-state index in [1.54, 1.807) is 7.11 Å².